The minimum atomic E-state index is -4.53. The van der Waals surface area contributed by atoms with Gasteiger partial charge in [-0.2, -0.15) is 13.2 Å². The van der Waals surface area contributed by atoms with Crippen LogP contribution in [0.5, 0.6) is 5.75 Å². The monoisotopic (exact) mass is 357 g/mol. The topological polar surface area (TPSA) is 35.5 Å². The van der Waals surface area contributed by atoms with E-state index in [9.17, 15) is 18.0 Å². The van der Waals surface area contributed by atoms with Crippen molar-refractivity contribution in [3.63, 3.8) is 0 Å². The number of methoxy groups -OCH3 is 1. The number of esters is 1. The van der Waals surface area contributed by atoms with Crippen molar-refractivity contribution < 1.29 is 27.4 Å². The number of ether oxygens (including phenoxy) is 2. The molecule has 0 aliphatic carbocycles. The lowest BCUT2D eigenvalue weighted by molar-refractivity contribution is -0.161. The zero-order valence-corrected chi connectivity index (χ0v) is 13.9. The Morgan fingerprint density at radius 1 is 1.08 bits per heavy atom. The maximum atomic E-state index is 12.1. The maximum Gasteiger partial charge on any atom is 0.422 e. The van der Waals surface area contributed by atoms with Crippen LogP contribution in [0.4, 0.5) is 13.2 Å². The van der Waals surface area contributed by atoms with Crippen LogP contribution in [0.15, 0.2) is 58.3 Å². The zero-order chi connectivity index (χ0) is 17.7. The van der Waals surface area contributed by atoms with E-state index in [1.165, 1.54) is 12.1 Å². The average Bonchev–Trinajstić information content (AvgIpc) is 2.58. The Kier molecular flexibility index (Phi) is 5.77. The first-order valence-electron chi connectivity index (χ1n) is 6.95. The molecule has 0 aliphatic heterocycles. The summed E-state index contributed by atoms with van der Waals surface area (Å²) in [4.78, 5) is 13.5. The summed E-state index contributed by atoms with van der Waals surface area (Å²) < 4.78 is 45.8. The molecule has 128 valence electrons. The molecule has 0 saturated carbocycles. The van der Waals surface area contributed by atoms with Crippen molar-refractivity contribution in [2.75, 3.05) is 20.0 Å². The molecule has 0 heterocycles. The van der Waals surface area contributed by atoms with Gasteiger partial charge < -0.3 is 9.47 Å². The molecule has 1 atom stereocenters. The van der Waals surface area contributed by atoms with Crippen LogP contribution in [0.1, 0.15) is 10.4 Å². The first kappa shape index (κ1) is 18.2. The van der Waals surface area contributed by atoms with Crippen LogP contribution in [-0.2, 0) is 15.6 Å². The summed E-state index contributed by atoms with van der Waals surface area (Å²) in [5.41, 5.74) is 0.0834. The Morgan fingerprint density at radius 2 is 1.71 bits per heavy atom. The van der Waals surface area contributed by atoms with Gasteiger partial charge in [0.1, 0.15) is 6.26 Å². The van der Waals surface area contributed by atoms with E-state index in [1.807, 2.05) is 30.5 Å². The van der Waals surface area contributed by atoms with Crippen molar-refractivity contribution in [2.24, 2.45) is 0 Å². The summed E-state index contributed by atoms with van der Waals surface area (Å²) in [5.74, 6) is -0.232. The van der Waals surface area contributed by atoms with Crippen molar-refractivity contribution in [1.82, 2.24) is 0 Å². The van der Waals surface area contributed by atoms with Gasteiger partial charge in [0, 0.05) is 0 Å². The smallest absolute Gasteiger partial charge is 0.422 e. The number of halogens is 3. The maximum absolute atomic E-state index is 12.1. The predicted molar refractivity (Wildman–Crippen MR) is 85.6 cm³/mol. The Labute approximate surface area is 140 Å². The normalized spacial score (nSPS) is 12.5. The molecule has 2 rings (SSSR count). The van der Waals surface area contributed by atoms with Gasteiger partial charge in [-0.1, -0.05) is 12.1 Å². The highest BCUT2D eigenvalue weighted by atomic mass is 32.2. The second-order valence-electron chi connectivity index (χ2n) is 4.88. The fourth-order valence-corrected chi connectivity index (χ4v) is 3.56. The number of carbonyl (C=O) groups excluding carboxylic acids is 1. The van der Waals surface area contributed by atoms with E-state index < -0.39 is 18.8 Å². The summed E-state index contributed by atoms with van der Waals surface area (Å²) in [5, 5.41) is 0. The van der Waals surface area contributed by atoms with Gasteiger partial charge in [0.05, 0.1) is 23.6 Å². The molecule has 0 radical (unpaired) electrons. The third-order valence-corrected chi connectivity index (χ3v) is 5.19. The molecule has 0 bridgehead atoms. The predicted octanol–water partition coefficient (Wildman–Crippen LogP) is 4.08. The molecule has 1 unspecified atom stereocenters. The van der Waals surface area contributed by atoms with Crippen LogP contribution in [0.25, 0.3) is 0 Å². The van der Waals surface area contributed by atoms with E-state index in [0.29, 0.717) is 0 Å². The van der Waals surface area contributed by atoms with Gasteiger partial charge >= 0.3 is 12.1 Å². The zero-order valence-electron chi connectivity index (χ0n) is 13.1. The van der Waals surface area contributed by atoms with Gasteiger partial charge in [-0.05, 0) is 36.4 Å². The van der Waals surface area contributed by atoms with Gasteiger partial charge in [-0.15, -0.1) is 0 Å². The number of rotatable bonds is 5. The number of para-hydroxylation sites is 1. The standard InChI is InChI=1S/C17H16F3O3S/c1-22-14-5-3-4-6-15(14)24(2)13-9-7-12(8-10-13)16(21)23-11-17(18,19)20/h3-10H,11H2,1-2H3/q+1. The van der Waals surface area contributed by atoms with Crippen LogP contribution in [0, 0.1) is 0 Å². The lowest BCUT2D eigenvalue weighted by Gasteiger charge is -2.09. The first-order valence-corrected chi connectivity index (χ1v) is 8.58. The van der Waals surface area contributed by atoms with E-state index in [4.69, 9.17) is 4.74 Å². The molecule has 24 heavy (non-hydrogen) atoms. The number of hydrogen-bond donors (Lipinski definition) is 0. The highest BCUT2D eigenvalue weighted by Gasteiger charge is 2.30. The van der Waals surface area contributed by atoms with Gasteiger partial charge in [-0.3, -0.25) is 0 Å². The summed E-state index contributed by atoms with van der Waals surface area (Å²) >= 11 is 0. The van der Waals surface area contributed by atoms with Crippen molar-refractivity contribution in [1.29, 1.82) is 0 Å². The van der Waals surface area contributed by atoms with Gasteiger partial charge in [-0.25, -0.2) is 4.79 Å². The van der Waals surface area contributed by atoms with Gasteiger partial charge in [0.15, 0.2) is 17.3 Å². The van der Waals surface area contributed by atoms with E-state index >= 15 is 0 Å². The third kappa shape index (κ3) is 4.67. The molecule has 2 aromatic rings. The second kappa shape index (κ2) is 7.61. The van der Waals surface area contributed by atoms with Crippen molar-refractivity contribution in [3.05, 3.63) is 54.1 Å². The Balaban J connectivity index is 2.12. The van der Waals surface area contributed by atoms with E-state index in [0.717, 1.165) is 15.5 Å². The van der Waals surface area contributed by atoms with E-state index in [1.54, 1.807) is 19.2 Å². The number of carbonyl (C=O) groups is 1. The Morgan fingerprint density at radius 3 is 2.29 bits per heavy atom. The molecule has 7 heteroatoms. The lowest BCUT2D eigenvalue weighted by atomic mass is 10.2. The molecule has 0 aliphatic rings. The van der Waals surface area contributed by atoms with Crippen LogP contribution in [0.2, 0.25) is 0 Å². The molecule has 0 fully saturated rings. The quantitative estimate of drug-likeness (QED) is 0.597. The summed E-state index contributed by atoms with van der Waals surface area (Å²) in [6.07, 6.45) is -2.52. The summed E-state index contributed by atoms with van der Waals surface area (Å²) in [6.45, 7) is -1.59. The highest BCUT2D eigenvalue weighted by molar-refractivity contribution is 7.96. The second-order valence-corrected chi connectivity index (χ2v) is 6.81. The Hall–Kier alpha value is -2.15. The largest absolute Gasteiger partial charge is 0.492 e. The van der Waals surface area contributed by atoms with E-state index in [2.05, 4.69) is 4.74 Å². The van der Waals surface area contributed by atoms with Gasteiger partial charge in [0.2, 0.25) is 4.90 Å². The minimum Gasteiger partial charge on any atom is -0.492 e. The van der Waals surface area contributed by atoms with Crippen LogP contribution >= 0.6 is 0 Å². The molecular weight excluding hydrogens is 341 g/mol. The molecule has 0 aromatic heterocycles. The fourth-order valence-electron chi connectivity index (χ4n) is 2.02. The van der Waals surface area contributed by atoms with Crippen molar-refractivity contribution in [3.8, 4) is 5.75 Å². The summed E-state index contributed by atoms with van der Waals surface area (Å²) in [6, 6.07) is 13.9. The molecule has 0 saturated heterocycles. The fraction of sp³-hybridized carbons (Fsp3) is 0.235. The molecule has 0 N–H and O–H groups in total. The molecule has 2 aromatic carbocycles. The van der Waals surface area contributed by atoms with Crippen molar-refractivity contribution >= 4 is 16.9 Å². The Bertz CT molecular complexity index is 699. The molecule has 0 amide bonds. The van der Waals surface area contributed by atoms with Crippen LogP contribution < -0.4 is 4.74 Å². The van der Waals surface area contributed by atoms with Gasteiger partial charge in [0.25, 0.3) is 0 Å². The lowest BCUT2D eigenvalue weighted by Crippen LogP contribution is -2.20. The minimum absolute atomic E-state index is 0.0834. The average molecular weight is 357 g/mol. The third-order valence-electron chi connectivity index (χ3n) is 3.21. The van der Waals surface area contributed by atoms with Crippen LogP contribution in [-0.4, -0.2) is 32.1 Å². The highest BCUT2D eigenvalue weighted by Crippen LogP contribution is 2.29. The number of alkyl halides is 3. The number of benzene rings is 2. The SMILES string of the molecule is COc1ccccc1[S+](C)c1ccc(C(=O)OCC(F)(F)F)cc1. The van der Waals surface area contributed by atoms with Crippen LogP contribution in [0.3, 0.4) is 0 Å². The summed E-state index contributed by atoms with van der Waals surface area (Å²) in [7, 11) is 1.29. The molecular formula is C17H16F3O3S+. The molecule has 3 nitrogen and oxygen atoms in total. The number of hydrogen-bond acceptors (Lipinski definition) is 3. The molecule has 0 spiro atoms. The first-order chi connectivity index (χ1) is 11.3. The van der Waals surface area contributed by atoms with Crippen molar-refractivity contribution in [2.45, 2.75) is 16.0 Å². The van der Waals surface area contributed by atoms with E-state index in [-0.39, 0.29) is 16.5 Å².